The third-order valence-corrected chi connectivity index (χ3v) is 2.43. The van der Waals surface area contributed by atoms with Crippen LogP contribution >= 0.6 is 0 Å². The summed E-state index contributed by atoms with van der Waals surface area (Å²) in [6.45, 7) is 2.23. The Morgan fingerprint density at radius 3 is 2.83 bits per heavy atom. The van der Waals surface area contributed by atoms with Crippen molar-refractivity contribution in [2.24, 2.45) is 7.05 Å². The standard InChI is InChI=1S/C8H15N4/c1-11-7-6-10-12(11)8-2-4-9-5-3-8/h6-9H,2-5H2,1H3/q+1. The minimum absolute atomic E-state index is 0.589. The Kier molecular flexibility index (Phi) is 2.08. The lowest BCUT2D eigenvalue weighted by Gasteiger charge is -2.19. The minimum atomic E-state index is 0.589. The van der Waals surface area contributed by atoms with Crippen LogP contribution < -0.4 is 10.00 Å². The van der Waals surface area contributed by atoms with Gasteiger partial charge in [0.2, 0.25) is 6.20 Å². The summed E-state index contributed by atoms with van der Waals surface area (Å²) in [5.74, 6) is 0. The normalized spacial score (nSPS) is 19.8. The van der Waals surface area contributed by atoms with E-state index in [4.69, 9.17) is 0 Å². The maximum absolute atomic E-state index is 4.29. The van der Waals surface area contributed by atoms with Crippen LogP contribution in [0.2, 0.25) is 0 Å². The molecule has 1 aromatic heterocycles. The summed E-state index contributed by atoms with van der Waals surface area (Å²) < 4.78 is 2.05. The van der Waals surface area contributed by atoms with E-state index >= 15 is 0 Å². The SMILES string of the molecule is C[n+]1ccnn1C1CCNCC1. The average Bonchev–Trinajstić information content (AvgIpc) is 2.53. The number of hydrogen-bond acceptors (Lipinski definition) is 2. The molecule has 0 aromatic carbocycles. The van der Waals surface area contributed by atoms with E-state index in [0.717, 1.165) is 13.1 Å². The number of nitrogens with one attached hydrogen (secondary N) is 1. The van der Waals surface area contributed by atoms with Crippen LogP contribution in [0.3, 0.4) is 0 Å². The molecule has 12 heavy (non-hydrogen) atoms. The average molecular weight is 167 g/mol. The summed E-state index contributed by atoms with van der Waals surface area (Å²) in [7, 11) is 2.04. The van der Waals surface area contributed by atoms with Crippen LogP contribution in [0.1, 0.15) is 18.9 Å². The Balaban J connectivity index is 2.13. The fourth-order valence-corrected chi connectivity index (χ4v) is 1.73. The summed E-state index contributed by atoms with van der Waals surface area (Å²) in [6, 6.07) is 0.589. The molecule has 0 aliphatic carbocycles. The Morgan fingerprint density at radius 2 is 2.25 bits per heavy atom. The van der Waals surface area contributed by atoms with Crippen LogP contribution in [-0.2, 0) is 7.05 Å². The van der Waals surface area contributed by atoms with Gasteiger partial charge in [-0.2, -0.15) is 4.68 Å². The summed E-state index contributed by atoms with van der Waals surface area (Å²) in [6.07, 6.45) is 6.22. The Bertz CT molecular complexity index is 249. The van der Waals surface area contributed by atoms with Crippen molar-refractivity contribution in [3.05, 3.63) is 12.4 Å². The van der Waals surface area contributed by atoms with E-state index in [1.165, 1.54) is 12.8 Å². The fraction of sp³-hybridized carbons (Fsp3) is 0.750. The Hall–Kier alpha value is -0.900. The molecule has 0 spiro atoms. The topological polar surface area (TPSA) is 33.7 Å². The molecule has 0 bridgehead atoms. The molecule has 2 rings (SSSR count). The van der Waals surface area contributed by atoms with Crippen LogP contribution in [0.15, 0.2) is 12.4 Å². The number of hydrogen-bond donors (Lipinski definition) is 1. The maximum Gasteiger partial charge on any atom is 0.206 e. The number of nitrogens with zero attached hydrogens (tertiary/aromatic N) is 3. The van der Waals surface area contributed by atoms with Gasteiger partial charge in [0, 0.05) is 5.10 Å². The lowest BCUT2D eigenvalue weighted by atomic mass is 10.1. The number of rotatable bonds is 1. The zero-order chi connectivity index (χ0) is 8.39. The van der Waals surface area contributed by atoms with Gasteiger partial charge in [-0.05, 0) is 30.7 Å². The smallest absolute Gasteiger partial charge is 0.206 e. The van der Waals surface area contributed by atoms with Crippen LogP contribution in [0.4, 0.5) is 0 Å². The second-order valence-electron chi connectivity index (χ2n) is 3.29. The highest BCUT2D eigenvalue weighted by molar-refractivity contribution is 4.69. The molecule has 1 N–H and O–H groups in total. The molecule has 0 unspecified atom stereocenters. The second-order valence-corrected chi connectivity index (χ2v) is 3.29. The van der Waals surface area contributed by atoms with Gasteiger partial charge >= 0.3 is 0 Å². The Morgan fingerprint density at radius 1 is 1.50 bits per heavy atom. The maximum atomic E-state index is 4.29. The lowest BCUT2D eigenvalue weighted by Crippen LogP contribution is -2.44. The molecule has 0 saturated carbocycles. The first-order valence-corrected chi connectivity index (χ1v) is 4.48. The molecule has 2 heterocycles. The van der Waals surface area contributed by atoms with Crippen LogP contribution in [0, 0.1) is 0 Å². The third kappa shape index (κ3) is 1.34. The van der Waals surface area contributed by atoms with Gasteiger partial charge in [0.25, 0.3) is 0 Å². The van der Waals surface area contributed by atoms with Gasteiger partial charge in [0.05, 0.1) is 0 Å². The summed E-state index contributed by atoms with van der Waals surface area (Å²) in [4.78, 5) is 2.07. The molecule has 1 aliphatic rings. The van der Waals surface area contributed by atoms with Gasteiger partial charge in [-0.3, -0.25) is 0 Å². The Labute approximate surface area is 72.2 Å². The predicted octanol–water partition coefficient (Wildman–Crippen LogP) is -0.368. The summed E-state index contributed by atoms with van der Waals surface area (Å²) >= 11 is 0. The van der Waals surface area contributed by atoms with Gasteiger partial charge in [0.15, 0.2) is 6.20 Å². The molecule has 1 aromatic rings. The van der Waals surface area contributed by atoms with Crippen molar-refractivity contribution in [2.75, 3.05) is 13.1 Å². The van der Waals surface area contributed by atoms with Crippen LogP contribution in [-0.4, -0.2) is 23.0 Å². The molecule has 0 atom stereocenters. The van der Waals surface area contributed by atoms with E-state index in [1.54, 1.807) is 0 Å². The molecule has 1 saturated heterocycles. The summed E-state index contributed by atoms with van der Waals surface area (Å²) in [5.41, 5.74) is 0. The number of aromatic nitrogens is 3. The third-order valence-electron chi connectivity index (χ3n) is 2.43. The molecular weight excluding hydrogens is 152 g/mol. The van der Waals surface area contributed by atoms with Crippen molar-refractivity contribution in [1.29, 1.82) is 0 Å². The molecule has 0 radical (unpaired) electrons. The van der Waals surface area contributed by atoms with Crippen molar-refractivity contribution >= 4 is 0 Å². The zero-order valence-corrected chi connectivity index (χ0v) is 7.40. The van der Waals surface area contributed by atoms with Gasteiger partial charge in [-0.15, -0.1) is 0 Å². The van der Waals surface area contributed by atoms with Gasteiger partial charge in [0.1, 0.15) is 13.1 Å². The van der Waals surface area contributed by atoms with E-state index in [2.05, 4.69) is 19.9 Å². The zero-order valence-electron chi connectivity index (χ0n) is 7.40. The first kappa shape index (κ1) is 7.73. The van der Waals surface area contributed by atoms with Crippen molar-refractivity contribution in [3.63, 3.8) is 0 Å². The van der Waals surface area contributed by atoms with E-state index in [9.17, 15) is 0 Å². The van der Waals surface area contributed by atoms with Crippen LogP contribution in [0.25, 0.3) is 0 Å². The lowest BCUT2D eigenvalue weighted by molar-refractivity contribution is -0.761. The van der Waals surface area contributed by atoms with Gasteiger partial charge < -0.3 is 5.32 Å². The molecule has 4 heteroatoms. The van der Waals surface area contributed by atoms with Crippen molar-refractivity contribution in [3.8, 4) is 0 Å². The van der Waals surface area contributed by atoms with E-state index < -0.39 is 0 Å². The monoisotopic (exact) mass is 167 g/mol. The summed E-state index contributed by atoms with van der Waals surface area (Å²) in [5, 5.41) is 7.64. The fourth-order valence-electron chi connectivity index (χ4n) is 1.73. The van der Waals surface area contributed by atoms with Crippen molar-refractivity contribution in [1.82, 2.24) is 15.2 Å². The molecule has 66 valence electrons. The molecular formula is C8H15N4+. The second kappa shape index (κ2) is 3.23. The first-order valence-electron chi connectivity index (χ1n) is 4.48. The molecule has 0 amide bonds. The van der Waals surface area contributed by atoms with Gasteiger partial charge in [-0.25, -0.2) is 0 Å². The highest BCUT2D eigenvalue weighted by atomic mass is 15.5. The van der Waals surface area contributed by atoms with Crippen molar-refractivity contribution in [2.45, 2.75) is 18.9 Å². The van der Waals surface area contributed by atoms with Crippen LogP contribution in [0.5, 0.6) is 0 Å². The minimum Gasteiger partial charge on any atom is -0.317 e. The van der Waals surface area contributed by atoms with E-state index in [-0.39, 0.29) is 0 Å². The molecule has 1 aliphatic heterocycles. The van der Waals surface area contributed by atoms with Gasteiger partial charge in [-0.1, -0.05) is 0 Å². The highest BCUT2D eigenvalue weighted by Crippen LogP contribution is 2.14. The first-order chi connectivity index (χ1) is 5.88. The molecule has 4 nitrogen and oxygen atoms in total. The van der Waals surface area contributed by atoms with E-state index in [0.29, 0.717) is 6.04 Å². The van der Waals surface area contributed by atoms with E-state index in [1.807, 2.05) is 19.4 Å². The number of piperidine rings is 1. The largest absolute Gasteiger partial charge is 0.317 e. The molecule has 1 fully saturated rings. The quantitative estimate of drug-likeness (QED) is 0.579. The predicted molar refractivity (Wildman–Crippen MR) is 44.5 cm³/mol. The highest BCUT2D eigenvalue weighted by Gasteiger charge is 2.21. The van der Waals surface area contributed by atoms with Crippen molar-refractivity contribution < 1.29 is 4.68 Å². The number of aryl methyl sites for hydroxylation is 1.